The second kappa shape index (κ2) is 26.6. The summed E-state index contributed by atoms with van der Waals surface area (Å²) in [6, 6.07) is -2.33. The second-order valence-electron chi connectivity index (χ2n) is 17.9. The van der Waals surface area contributed by atoms with E-state index in [0.717, 1.165) is 19.3 Å². The smallest absolute Gasteiger partial charge is 0.246 e. The number of rotatable bonds is 15. The average molecular weight is 991 g/mol. The highest BCUT2D eigenvalue weighted by atomic mass is 33.1. The minimum absolute atomic E-state index is 0.0142. The minimum Gasteiger partial charge on any atom is -0.497 e. The van der Waals surface area contributed by atoms with Gasteiger partial charge in [-0.15, -0.1) is 0 Å². The molecule has 1 spiro atoms. The fourth-order valence-corrected chi connectivity index (χ4v) is 11.9. The Morgan fingerprint density at radius 1 is 0.882 bits per heavy atom. The Morgan fingerprint density at radius 2 is 1.53 bits per heavy atom. The summed E-state index contributed by atoms with van der Waals surface area (Å²) in [5.74, 6) is -7.12. The number of ether oxygens (including phenoxy) is 1. The monoisotopic (exact) mass is 990 g/mol. The van der Waals surface area contributed by atoms with Crippen LogP contribution in [0, 0.1) is 5.92 Å². The molecule has 21 nitrogen and oxygen atoms in total. The van der Waals surface area contributed by atoms with Gasteiger partial charge in [0.15, 0.2) is 0 Å². The standard InChI is InChI=1S/C45H70N10O11S2/c1-5-25(2)36-42(63)54-37(26(3)56)43(64)51-31(22-34(47)57)39(60)52-32(44(65)55-20-10-12-33(55)41(62)50-29(38(48)59)11-9-19-46)24-67-68-45(17-7-6-8-18-45)23-35(58)49-30(40(61)53-36)21-27-13-15-28(66-4)16-14-27/h13-16,25-26,29-33,36-37,56H,5-12,17-24,46H2,1-4H3,(H2,47,57)(H2,48,59)(H,49,58)(H,50,62)(H,51,64)(H,52,60)(H,53,61)(H,54,63)/t25-,26-,29-,30-,31-,32-,33-,36-,37-/m0/s1. The molecular weight excluding hydrogens is 921 g/mol. The summed E-state index contributed by atoms with van der Waals surface area (Å²) >= 11 is 0. The number of carbonyl (C=O) groups excluding carboxylic acids is 9. The van der Waals surface area contributed by atoms with Gasteiger partial charge in [0.2, 0.25) is 53.2 Å². The van der Waals surface area contributed by atoms with Crippen molar-refractivity contribution in [3.05, 3.63) is 29.8 Å². The summed E-state index contributed by atoms with van der Waals surface area (Å²) in [6.07, 6.45) is 3.11. The van der Waals surface area contributed by atoms with Crippen molar-refractivity contribution in [3.8, 4) is 5.75 Å². The van der Waals surface area contributed by atoms with Crippen molar-refractivity contribution in [1.29, 1.82) is 0 Å². The first kappa shape index (κ1) is 55.5. The first-order valence-corrected chi connectivity index (χ1v) is 25.6. The largest absolute Gasteiger partial charge is 0.497 e. The van der Waals surface area contributed by atoms with Gasteiger partial charge in [0.25, 0.3) is 0 Å². The molecule has 13 N–H and O–H groups in total. The molecule has 1 aromatic carbocycles. The van der Waals surface area contributed by atoms with Gasteiger partial charge in [-0.2, -0.15) is 0 Å². The van der Waals surface area contributed by atoms with Crippen molar-refractivity contribution in [1.82, 2.24) is 36.8 Å². The fourth-order valence-electron chi connectivity index (χ4n) is 8.56. The maximum atomic E-state index is 14.6. The lowest BCUT2D eigenvalue weighted by Gasteiger charge is -2.37. The number of amides is 9. The molecule has 0 radical (unpaired) electrons. The van der Waals surface area contributed by atoms with Crippen LogP contribution in [0.15, 0.2) is 24.3 Å². The van der Waals surface area contributed by atoms with Crippen molar-refractivity contribution >= 4 is 74.8 Å². The van der Waals surface area contributed by atoms with Crippen molar-refractivity contribution < 1.29 is 53.0 Å². The Balaban J connectivity index is 1.76. The van der Waals surface area contributed by atoms with Gasteiger partial charge < -0.3 is 63.8 Å². The summed E-state index contributed by atoms with van der Waals surface area (Å²) in [6.45, 7) is 5.10. The Morgan fingerprint density at radius 3 is 2.13 bits per heavy atom. The number of aliphatic hydroxyl groups excluding tert-OH is 1. The fraction of sp³-hybridized carbons (Fsp3) is 0.667. The van der Waals surface area contributed by atoms with Crippen LogP contribution in [-0.2, 0) is 49.6 Å². The number of nitrogens with zero attached hydrogens (tertiary/aromatic N) is 1. The Bertz CT molecular complexity index is 1950. The molecule has 3 fully saturated rings. The van der Waals surface area contributed by atoms with E-state index in [1.54, 1.807) is 38.1 Å². The number of primary amides is 2. The predicted octanol–water partition coefficient (Wildman–Crippen LogP) is -0.848. The Hall–Kier alpha value is -5.13. The molecule has 9 amide bonds. The van der Waals surface area contributed by atoms with Gasteiger partial charge in [0.1, 0.15) is 48.0 Å². The summed E-state index contributed by atoms with van der Waals surface area (Å²) in [5, 5.41) is 26.8. The van der Waals surface area contributed by atoms with Gasteiger partial charge in [-0.1, -0.05) is 73.3 Å². The van der Waals surface area contributed by atoms with Gasteiger partial charge in [0, 0.05) is 29.9 Å². The highest BCUT2D eigenvalue weighted by molar-refractivity contribution is 8.77. The van der Waals surface area contributed by atoms with Crippen LogP contribution in [0.2, 0.25) is 0 Å². The van der Waals surface area contributed by atoms with E-state index >= 15 is 0 Å². The number of carbonyl (C=O) groups is 9. The van der Waals surface area contributed by atoms with E-state index < -0.39 is 119 Å². The van der Waals surface area contributed by atoms with Gasteiger partial charge in [0.05, 0.1) is 19.6 Å². The van der Waals surface area contributed by atoms with Crippen LogP contribution in [0.5, 0.6) is 5.75 Å². The van der Waals surface area contributed by atoms with Crippen LogP contribution >= 0.6 is 21.6 Å². The third-order valence-electron chi connectivity index (χ3n) is 12.7. The molecule has 68 heavy (non-hydrogen) atoms. The van der Waals surface area contributed by atoms with Crippen LogP contribution in [0.25, 0.3) is 0 Å². The highest BCUT2D eigenvalue weighted by Crippen LogP contribution is 2.48. The molecule has 1 saturated carbocycles. The van der Waals surface area contributed by atoms with Gasteiger partial charge in [-0.3, -0.25) is 43.2 Å². The van der Waals surface area contributed by atoms with Gasteiger partial charge in [-0.05, 0) is 75.6 Å². The zero-order valence-electron chi connectivity index (χ0n) is 39.3. The molecule has 2 saturated heterocycles. The number of methoxy groups -OCH3 is 1. The molecule has 1 aromatic rings. The van der Waals surface area contributed by atoms with E-state index in [1.165, 1.54) is 40.5 Å². The zero-order valence-corrected chi connectivity index (χ0v) is 41.0. The molecule has 9 atom stereocenters. The quantitative estimate of drug-likeness (QED) is 0.0958. The lowest BCUT2D eigenvalue weighted by atomic mass is 9.85. The first-order chi connectivity index (χ1) is 32.3. The third-order valence-corrected chi connectivity index (χ3v) is 16.0. The predicted molar refractivity (Wildman–Crippen MR) is 256 cm³/mol. The number of benzene rings is 1. The summed E-state index contributed by atoms with van der Waals surface area (Å²) in [7, 11) is 4.12. The van der Waals surface area contributed by atoms with E-state index in [2.05, 4.69) is 31.9 Å². The number of hydrogen-bond donors (Lipinski definition) is 10. The maximum Gasteiger partial charge on any atom is 0.246 e. The summed E-state index contributed by atoms with van der Waals surface area (Å²) in [5.41, 5.74) is 17.4. The van der Waals surface area contributed by atoms with Crippen molar-refractivity contribution in [2.24, 2.45) is 23.1 Å². The third kappa shape index (κ3) is 16.0. The van der Waals surface area contributed by atoms with Crippen molar-refractivity contribution in [2.45, 2.75) is 157 Å². The number of likely N-dealkylation sites (tertiary alicyclic amines) is 1. The molecular formula is C45H70N10O11S2. The van der Waals surface area contributed by atoms with Crippen molar-refractivity contribution in [2.75, 3.05) is 26.0 Å². The molecule has 23 heteroatoms. The van der Waals surface area contributed by atoms with E-state index in [1.807, 2.05) is 0 Å². The Labute approximate surface area is 405 Å². The van der Waals surface area contributed by atoms with E-state index in [-0.39, 0.29) is 44.5 Å². The molecule has 4 rings (SSSR count). The number of hydrogen-bond acceptors (Lipinski definition) is 14. The topological polar surface area (TPSA) is 337 Å². The first-order valence-electron chi connectivity index (χ1n) is 23.3. The van der Waals surface area contributed by atoms with Crippen LogP contribution < -0.4 is 53.8 Å². The van der Waals surface area contributed by atoms with Crippen LogP contribution in [0.4, 0.5) is 0 Å². The van der Waals surface area contributed by atoms with Gasteiger partial charge >= 0.3 is 0 Å². The molecule has 2 aliphatic heterocycles. The molecule has 2 heterocycles. The molecule has 0 bridgehead atoms. The maximum absolute atomic E-state index is 14.6. The molecule has 0 aromatic heterocycles. The average Bonchev–Trinajstić information content (AvgIpc) is 3.80. The molecule has 1 aliphatic carbocycles. The lowest BCUT2D eigenvalue weighted by Crippen LogP contribution is -2.63. The van der Waals surface area contributed by atoms with E-state index in [0.29, 0.717) is 43.4 Å². The number of aliphatic hydroxyl groups is 1. The highest BCUT2D eigenvalue weighted by Gasteiger charge is 2.42. The van der Waals surface area contributed by atoms with Crippen LogP contribution in [0.3, 0.4) is 0 Å². The van der Waals surface area contributed by atoms with Gasteiger partial charge in [-0.25, -0.2) is 0 Å². The van der Waals surface area contributed by atoms with Crippen molar-refractivity contribution in [3.63, 3.8) is 0 Å². The van der Waals surface area contributed by atoms with Crippen LogP contribution in [-0.4, -0.2) is 142 Å². The molecule has 0 unspecified atom stereocenters. The molecule has 378 valence electrons. The van der Waals surface area contributed by atoms with E-state index in [4.69, 9.17) is 21.9 Å². The SMILES string of the molecule is CC[C@H](C)[C@@H]1NC(=O)[C@H](Cc2ccc(OC)cc2)NC(=O)CC2(CCCCC2)SSC[C@@H](C(=O)N2CCC[C@H]2C(=O)N[C@@H](CCCN)C(N)=O)NC(=O)[C@H](CC(N)=O)NC(=O)[C@H]([C@H](C)O)NC1=O. The number of nitrogens with two attached hydrogens (primary N) is 3. The zero-order chi connectivity index (χ0) is 50.1. The van der Waals surface area contributed by atoms with E-state index in [9.17, 15) is 48.3 Å². The summed E-state index contributed by atoms with van der Waals surface area (Å²) < 4.78 is 4.63. The normalized spacial score (nSPS) is 25.9. The van der Waals surface area contributed by atoms with Crippen LogP contribution in [0.1, 0.15) is 103 Å². The number of nitrogens with one attached hydrogen (secondary N) is 6. The molecule has 3 aliphatic rings. The second-order valence-corrected chi connectivity index (χ2v) is 20.7. The summed E-state index contributed by atoms with van der Waals surface area (Å²) in [4.78, 5) is 125. The minimum atomic E-state index is -1.72. The lowest BCUT2D eigenvalue weighted by molar-refractivity contribution is -0.142. The Kier molecular flexibility index (Phi) is 21.7.